The molecule has 2 aliphatic rings. The first-order chi connectivity index (χ1) is 7.70. The van der Waals surface area contributed by atoms with E-state index in [0.717, 1.165) is 19.6 Å². The summed E-state index contributed by atoms with van der Waals surface area (Å²) >= 11 is 0. The molecule has 94 valence electrons. The highest BCUT2D eigenvalue weighted by Crippen LogP contribution is 2.20. The van der Waals surface area contributed by atoms with Crippen molar-refractivity contribution in [1.29, 1.82) is 0 Å². The number of rotatable bonds is 2. The number of hydrogen-bond donors (Lipinski definition) is 1. The van der Waals surface area contributed by atoms with E-state index in [1.54, 1.807) is 0 Å². The van der Waals surface area contributed by atoms with Gasteiger partial charge in [-0.25, -0.2) is 0 Å². The van der Waals surface area contributed by atoms with Crippen LogP contribution in [-0.4, -0.2) is 85.3 Å². The van der Waals surface area contributed by atoms with Gasteiger partial charge in [-0.15, -0.1) is 0 Å². The lowest BCUT2D eigenvalue weighted by atomic mass is 10.00. The first kappa shape index (κ1) is 12.3. The maximum Gasteiger partial charge on any atom is 0.0599 e. The van der Waals surface area contributed by atoms with Crippen molar-refractivity contribution in [3.8, 4) is 0 Å². The van der Waals surface area contributed by atoms with Gasteiger partial charge in [0.15, 0.2) is 0 Å². The van der Waals surface area contributed by atoms with Gasteiger partial charge in [-0.1, -0.05) is 0 Å². The van der Waals surface area contributed by atoms with E-state index in [4.69, 9.17) is 0 Å². The Hall–Kier alpha value is -0.160. The van der Waals surface area contributed by atoms with E-state index in [2.05, 4.69) is 28.8 Å². The molecule has 0 aromatic carbocycles. The van der Waals surface area contributed by atoms with E-state index in [1.165, 1.54) is 25.9 Å². The van der Waals surface area contributed by atoms with Gasteiger partial charge in [0.05, 0.1) is 6.61 Å². The lowest BCUT2D eigenvalue weighted by Gasteiger charge is -2.45. The molecular weight excluding hydrogens is 202 g/mol. The number of hydrogen-bond acceptors (Lipinski definition) is 4. The molecule has 2 fully saturated rings. The van der Waals surface area contributed by atoms with Crippen molar-refractivity contribution in [2.24, 2.45) is 0 Å². The molecule has 16 heavy (non-hydrogen) atoms. The molecule has 2 saturated heterocycles. The van der Waals surface area contributed by atoms with Crippen LogP contribution in [0.4, 0.5) is 0 Å². The van der Waals surface area contributed by atoms with Gasteiger partial charge in [0, 0.05) is 31.7 Å². The number of aliphatic hydroxyl groups excluding tert-OH is 1. The number of likely N-dealkylation sites (tertiary alicyclic amines) is 1. The molecule has 0 aromatic rings. The maximum atomic E-state index is 9.48. The van der Waals surface area contributed by atoms with Crippen LogP contribution in [-0.2, 0) is 0 Å². The molecule has 0 unspecified atom stereocenters. The summed E-state index contributed by atoms with van der Waals surface area (Å²) in [5, 5.41) is 9.48. The average Bonchev–Trinajstić information content (AvgIpc) is 2.30. The zero-order valence-electron chi connectivity index (χ0n) is 10.6. The van der Waals surface area contributed by atoms with Crippen LogP contribution in [0.1, 0.15) is 12.8 Å². The first-order valence-corrected chi connectivity index (χ1v) is 6.44. The molecule has 0 radical (unpaired) electrons. The van der Waals surface area contributed by atoms with Crippen LogP contribution in [0.2, 0.25) is 0 Å². The fourth-order valence-electron chi connectivity index (χ4n) is 2.99. The lowest BCUT2D eigenvalue weighted by molar-refractivity contribution is 0.00231. The van der Waals surface area contributed by atoms with Crippen molar-refractivity contribution in [2.75, 3.05) is 53.4 Å². The molecule has 1 atom stereocenters. The van der Waals surface area contributed by atoms with Gasteiger partial charge in [-0.3, -0.25) is 4.90 Å². The second-order valence-corrected chi connectivity index (χ2v) is 5.37. The fraction of sp³-hybridized carbons (Fsp3) is 1.00. The fourth-order valence-corrected chi connectivity index (χ4v) is 2.99. The topological polar surface area (TPSA) is 30.0 Å². The SMILES string of the molecule is CN1CCC(N2CCN(C)C[C@H]2CO)CC1. The zero-order valence-corrected chi connectivity index (χ0v) is 10.6. The molecule has 0 aliphatic carbocycles. The maximum absolute atomic E-state index is 9.48. The molecule has 0 saturated carbocycles. The normalized spacial score (nSPS) is 32.1. The van der Waals surface area contributed by atoms with Gasteiger partial charge >= 0.3 is 0 Å². The van der Waals surface area contributed by atoms with Crippen molar-refractivity contribution < 1.29 is 5.11 Å². The number of likely N-dealkylation sites (N-methyl/N-ethyl adjacent to an activating group) is 1. The van der Waals surface area contributed by atoms with Gasteiger partial charge in [0.1, 0.15) is 0 Å². The second kappa shape index (κ2) is 5.45. The predicted octanol–water partition coefficient (Wildman–Crippen LogP) is -0.311. The van der Waals surface area contributed by atoms with E-state index < -0.39 is 0 Å². The Morgan fingerprint density at radius 3 is 2.31 bits per heavy atom. The Morgan fingerprint density at radius 2 is 1.69 bits per heavy atom. The molecule has 0 spiro atoms. The quantitative estimate of drug-likeness (QED) is 0.701. The van der Waals surface area contributed by atoms with Crippen molar-refractivity contribution in [2.45, 2.75) is 24.9 Å². The molecular formula is C12H25N3O. The van der Waals surface area contributed by atoms with Crippen LogP contribution in [0.5, 0.6) is 0 Å². The van der Waals surface area contributed by atoms with E-state index >= 15 is 0 Å². The minimum absolute atomic E-state index is 0.302. The highest BCUT2D eigenvalue weighted by atomic mass is 16.3. The monoisotopic (exact) mass is 227 g/mol. The minimum atomic E-state index is 0.302. The predicted molar refractivity (Wildman–Crippen MR) is 65.6 cm³/mol. The number of nitrogens with zero attached hydrogens (tertiary/aromatic N) is 3. The van der Waals surface area contributed by atoms with Crippen LogP contribution in [0, 0.1) is 0 Å². The van der Waals surface area contributed by atoms with Gasteiger partial charge in [-0.05, 0) is 40.0 Å². The van der Waals surface area contributed by atoms with Gasteiger partial charge in [0.25, 0.3) is 0 Å². The molecule has 1 N–H and O–H groups in total. The van der Waals surface area contributed by atoms with Crippen molar-refractivity contribution in [3.05, 3.63) is 0 Å². The standard InChI is InChI=1S/C12H25N3O/c1-13-5-3-11(4-6-13)15-8-7-14(2)9-12(15)10-16/h11-12,16H,3-10H2,1-2H3/t12-/m0/s1. The Morgan fingerprint density at radius 1 is 1.00 bits per heavy atom. The average molecular weight is 227 g/mol. The number of piperidine rings is 1. The highest BCUT2D eigenvalue weighted by Gasteiger charge is 2.31. The Kier molecular flexibility index (Phi) is 4.19. The summed E-state index contributed by atoms with van der Waals surface area (Å²) in [4.78, 5) is 7.28. The molecule has 2 rings (SSSR count). The van der Waals surface area contributed by atoms with Gasteiger partial charge < -0.3 is 14.9 Å². The smallest absolute Gasteiger partial charge is 0.0599 e. The van der Waals surface area contributed by atoms with Crippen molar-refractivity contribution in [3.63, 3.8) is 0 Å². The Labute approximate surface area is 98.8 Å². The molecule has 0 aromatic heterocycles. The Balaban J connectivity index is 1.91. The third-order valence-corrected chi connectivity index (χ3v) is 4.10. The molecule has 2 aliphatic heterocycles. The molecule has 4 nitrogen and oxygen atoms in total. The number of aliphatic hydroxyl groups is 1. The van der Waals surface area contributed by atoms with Gasteiger partial charge in [0.2, 0.25) is 0 Å². The summed E-state index contributed by atoms with van der Waals surface area (Å²) in [6, 6.07) is 1.05. The van der Waals surface area contributed by atoms with Gasteiger partial charge in [-0.2, -0.15) is 0 Å². The van der Waals surface area contributed by atoms with Crippen LogP contribution < -0.4 is 0 Å². The molecule has 0 bridgehead atoms. The molecule has 0 amide bonds. The second-order valence-electron chi connectivity index (χ2n) is 5.37. The van der Waals surface area contributed by atoms with Crippen LogP contribution >= 0.6 is 0 Å². The zero-order chi connectivity index (χ0) is 11.5. The number of piperazine rings is 1. The highest BCUT2D eigenvalue weighted by molar-refractivity contribution is 4.87. The van der Waals surface area contributed by atoms with E-state index in [-0.39, 0.29) is 0 Å². The summed E-state index contributed by atoms with van der Waals surface area (Å²) in [5.41, 5.74) is 0. The largest absolute Gasteiger partial charge is 0.395 e. The summed E-state index contributed by atoms with van der Waals surface area (Å²) in [7, 11) is 4.35. The van der Waals surface area contributed by atoms with Crippen LogP contribution in [0.15, 0.2) is 0 Å². The van der Waals surface area contributed by atoms with Crippen LogP contribution in [0.25, 0.3) is 0 Å². The summed E-state index contributed by atoms with van der Waals surface area (Å²) < 4.78 is 0. The van der Waals surface area contributed by atoms with E-state index in [1.807, 2.05) is 0 Å². The Bertz CT molecular complexity index is 216. The van der Waals surface area contributed by atoms with Crippen molar-refractivity contribution in [1.82, 2.24) is 14.7 Å². The van der Waals surface area contributed by atoms with E-state index in [0.29, 0.717) is 18.7 Å². The minimum Gasteiger partial charge on any atom is -0.395 e. The van der Waals surface area contributed by atoms with Crippen LogP contribution in [0.3, 0.4) is 0 Å². The third-order valence-electron chi connectivity index (χ3n) is 4.10. The van der Waals surface area contributed by atoms with Crippen molar-refractivity contribution >= 4 is 0 Å². The summed E-state index contributed by atoms with van der Waals surface area (Å²) in [5.74, 6) is 0. The van der Waals surface area contributed by atoms with E-state index in [9.17, 15) is 5.11 Å². The summed E-state index contributed by atoms with van der Waals surface area (Å²) in [6.07, 6.45) is 2.52. The molecule has 4 heteroatoms. The first-order valence-electron chi connectivity index (χ1n) is 6.44. The lowest BCUT2D eigenvalue weighted by Crippen LogP contribution is -2.58. The molecule has 2 heterocycles. The third kappa shape index (κ3) is 2.74. The summed E-state index contributed by atoms with van der Waals surface area (Å²) in [6.45, 7) is 5.99.